The number of carbonyl (C=O) groups is 2. The molecule has 162 valence electrons. The van der Waals surface area contributed by atoms with E-state index in [4.69, 9.17) is 0 Å². The molecule has 1 saturated carbocycles. The van der Waals surface area contributed by atoms with E-state index in [0.29, 0.717) is 24.6 Å². The number of aryl methyl sites for hydroxylation is 1. The number of likely N-dealkylation sites (tertiary alicyclic amines) is 2. The lowest BCUT2D eigenvalue weighted by Crippen LogP contribution is -2.67. The normalized spacial score (nSPS) is 23.6. The van der Waals surface area contributed by atoms with Crippen LogP contribution in [0.4, 0.5) is 0 Å². The maximum absolute atomic E-state index is 13.5. The molecule has 1 atom stereocenters. The SMILES string of the molecule is Cc1ccncc1C(=O)N1CCC(N2C(=O)C3(CCCCC3)C2c2ccncc2)CC1. The van der Waals surface area contributed by atoms with Crippen LogP contribution in [0.5, 0.6) is 0 Å². The number of amides is 2. The molecule has 2 aromatic heterocycles. The van der Waals surface area contributed by atoms with Crippen molar-refractivity contribution in [2.75, 3.05) is 13.1 Å². The Morgan fingerprint density at radius 2 is 1.68 bits per heavy atom. The number of nitrogens with zero attached hydrogens (tertiary/aromatic N) is 4. The van der Waals surface area contributed by atoms with Gasteiger partial charge in [-0.3, -0.25) is 19.6 Å². The topological polar surface area (TPSA) is 66.4 Å². The molecule has 1 spiro atoms. The predicted molar refractivity (Wildman–Crippen MR) is 117 cm³/mol. The zero-order valence-electron chi connectivity index (χ0n) is 18.2. The quantitative estimate of drug-likeness (QED) is 0.709. The molecule has 5 rings (SSSR count). The molecular weight excluding hydrogens is 388 g/mol. The van der Waals surface area contributed by atoms with Crippen LogP contribution in [0.2, 0.25) is 0 Å². The van der Waals surface area contributed by atoms with Crippen LogP contribution >= 0.6 is 0 Å². The molecule has 6 heteroatoms. The van der Waals surface area contributed by atoms with Crippen molar-refractivity contribution >= 4 is 11.8 Å². The van der Waals surface area contributed by atoms with Gasteiger partial charge in [0.15, 0.2) is 0 Å². The van der Waals surface area contributed by atoms with Crippen molar-refractivity contribution in [3.63, 3.8) is 0 Å². The molecule has 2 saturated heterocycles. The summed E-state index contributed by atoms with van der Waals surface area (Å²) >= 11 is 0. The van der Waals surface area contributed by atoms with Gasteiger partial charge in [0, 0.05) is 43.9 Å². The highest BCUT2D eigenvalue weighted by Gasteiger charge is 2.62. The van der Waals surface area contributed by atoms with Gasteiger partial charge in [0.2, 0.25) is 5.91 Å². The number of β-lactam (4-membered cyclic amide) rings is 1. The average molecular weight is 419 g/mol. The number of hydrogen-bond acceptors (Lipinski definition) is 4. The average Bonchev–Trinajstić information content (AvgIpc) is 2.83. The monoisotopic (exact) mass is 418 g/mol. The van der Waals surface area contributed by atoms with Crippen molar-refractivity contribution in [3.05, 3.63) is 59.7 Å². The van der Waals surface area contributed by atoms with Crippen LogP contribution in [0.1, 0.15) is 72.5 Å². The summed E-state index contributed by atoms with van der Waals surface area (Å²) in [6.07, 6.45) is 14.2. The number of aromatic nitrogens is 2. The first-order valence-electron chi connectivity index (χ1n) is 11.5. The summed E-state index contributed by atoms with van der Waals surface area (Å²) in [5, 5.41) is 0. The largest absolute Gasteiger partial charge is 0.338 e. The van der Waals surface area contributed by atoms with Crippen LogP contribution in [0, 0.1) is 12.3 Å². The minimum atomic E-state index is -0.223. The Bertz CT molecular complexity index is 962. The van der Waals surface area contributed by atoms with E-state index in [1.54, 1.807) is 12.4 Å². The zero-order valence-corrected chi connectivity index (χ0v) is 18.2. The maximum Gasteiger partial charge on any atom is 0.255 e. The first-order valence-corrected chi connectivity index (χ1v) is 11.5. The van der Waals surface area contributed by atoms with E-state index >= 15 is 0 Å². The minimum Gasteiger partial charge on any atom is -0.338 e. The zero-order chi connectivity index (χ0) is 21.4. The third kappa shape index (κ3) is 3.33. The molecule has 4 heterocycles. The lowest BCUT2D eigenvalue weighted by atomic mass is 9.59. The van der Waals surface area contributed by atoms with Gasteiger partial charge >= 0.3 is 0 Å². The third-order valence-electron chi connectivity index (χ3n) is 7.64. The molecule has 3 fully saturated rings. The molecule has 0 N–H and O–H groups in total. The molecule has 0 radical (unpaired) electrons. The van der Waals surface area contributed by atoms with Gasteiger partial charge in [-0.05, 0) is 61.9 Å². The highest BCUT2D eigenvalue weighted by molar-refractivity contribution is 5.95. The minimum absolute atomic E-state index is 0.0495. The van der Waals surface area contributed by atoms with Crippen molar-refractivity contribution < 1.29 is 9.59 Å². The van der Waals surface area contributed by atoms with Crippen molar-refractivity contribution in [2.24, 2.45) is 5.41 Å². The van der Waals surface area contributed by atoms with Crippen LogP contribution in [-0.2, 0) is 4.79 Å². The lowest BCUT2D eigenvalue weighted by Gasteiger charge is -2.61. The van der Waals surface area contributed by atoms with Gasteiger partial charge in [0.1, 0.15) is 0 Å². The second-order valence-electron chi connectivity index (χ2n) is 9.33. The van der Waals surface area contributed by atoms with E-state index in [1.807, 2.05) is 30.3 Å². The number of carbonyl (C=O) groups excluding carboxylic acids is 2. The third-order valence-corrected chi connectivity index (χ3v) is 7.64. The smallest absolute Gasteiger partial charge is 0.255 e. The summed E-state index contributed by atoms with van der Waals surface area (Å²) in [4.78, 5) is 38.9. The molecule has 0 bridgehead atoms. The summed E-state index contributed by atoms with van der Waals surface area (Å²) in [6.45, 7) is 3.30. The Balaban J connectivity index is 1.33. The summed E-state index contributed by atoms with van der Waals surface area (Å²) in [5.74, 6) is 0.385. The van der Waals surface area contributed by atoms with Gasteiger partial charge in [-0.15, -0.1) is 0 Å². The van der Waals surface area contributed by atoms with E-state index in [2.05, 4.69) is 27.0 Å². The van der Waals surface area contributed by atoms with Crippen LogP contribution in [0.3, 0.4) is 0 Å². The van der Waals surface area contributed by atoms with Crippen molar-refractivity contribution in [2.45, 2.75) is 64.0 Å². The van der Waals surface area contributed by atoms with E-state index in [0.717, 1.165) is 44.1 Å². The first kappa shape index (κ1) is 20.2. The van der Waals surface area contributed by atoms with Gasteiger partial charge < -0.3 is 9.80 Å². The van der Waals surface area contributed by atoms with E-state index in [9.17, 15) is 9.59 Å². The molecule has 2 aliphatic heterocycles. The van der Waals surface area contributed by atoms with Crippen molar-refractivity contribution in [1.29, 1.82) is 0 Å². The Kier molecular flexibility index (Phi) is 5.24. The molecule has 2 aromatic rings. The second-order valence-corrected chi connectivity index (χ2v) is 9.33. The predicted octanol–water partition coefficient (Wildman–Crippen LogP) is 3.92. The lowest BCUT2D eigenvalue weighted by molar-refractivity contribution is -0.186. The molecule has 2 amide bonds. The molecule has 1 aliphatic carbocycles. The molecular formula is C25H30N4O2. The number of rotatable bonds is 3. The number of hydrogen-bond donors (Lipinski definition) is 0. The highest BCUT2D eigenvalue weighted by atomic mass is 16.2. The van der Waals surface area contributed by atoms with Crippen LogP contribution in [0.25, 0.3) is 0 Å². The number of piperidine rings is 1. The fourth-order valence-electron chi connectivity index (χ4n) is 5.97. The Morgan fingerprint density at radius 1 is 1.00 bits per heavy atom. The summed E-state index contributed by atoms with van der Waals surface area (Å²) in [6, 6.07) is 6.37. The first-order chi connectivity index (χ1) is 15.1. The fraction of sp³-hybridized carbons (Fsp3) is 0.520. The molecule has 6 nitrogen and oxygen atoms in total. The standard InChI is InChI=1S/C25H30N4O2/c1-18-5-12-27-17-21(18)23(30)28-15-8-20(9-16-28)29-22(19-6-13-26-14-7-19)25(24(29)31)10-3-2-4-11-25/h5-7,12-14,17,20,22H,2-4,8-11,15-16H2,1H3. The fourth-order valence-corrected chi connectivity index (χ4v) is 5.97. The summed E-state index contributed by atoms with van der Waals surface area (Å²) in [5.41, 5.74) is 2.62. The second kappa shape index (κ2) is 8.06. The molecule has 3 aliphatic rings. The van der Waals surface area contributed by atoms with Crippen LogP contribution < -0.4 is 0 Å². The summed E-state index contributed by atoms with van der Waals surface area (Å²) in [7, 11) is 0. The number of pyridine rings is 2. The van der Waals surface area contributed by atoms with Gasteiger partial charge in [-0.1, -0.05) is 19.3 Å². The van der Waals surface area contributed by atoms with Gasteiger partial charge in [0.25, 0.3) is 5.91 Å². The molecule has 31 heavy (non-hydrogen) atoms. The maximum atomic E-state index is 13.5. The van der Waals surface area contributed by atoms with Crippen LogP contribution in [0.15, 0.2) is 43.0 Å². The van der Waals surface area contributed by atoms with E-state index in [-0.39, 0.29) is 23.4 Å². The van der Waals surface area contributed by atoms with Gasteiger partial charge in [-0.25, -0.2) is 0 Å². The molecule has 0 aromatic carbocycles. The van der Waals surface area contributed by atoms with Crippen molar-refractivity contribution in [1.82, 2.24) is 19.8 Å². The summed E-state index contributed by atoms with van der Waals surface area (Å²) < 4.78 is 0. The highest BCUT2D eigenvalue weighted by Crippen LogP contribution is 2.59. The van der Waals surface area contributed by atoms with Gasteiger partial charge in [0.05, 0.1) is 17.0 Å². The van der Waals surface area contributed by atoms with E-state index in [1.165, 1.54) is 12.0 Å². The Labute approximate surface area is 183 Å². The van der Waals surface area contributed by atoms with Crippen LogP contribution in [-0.4, -0.2) is 50.7 Å². The van der Waals surface area contributed by atoms with E-state index < -0.39 is 0 Å². The molecule has 1 unspecified atom stereocenters. The van der Waals surface area contributed by atoms with Crippen molar-refractivity contribution in [3.8, 4) is 0 Å². The Morgan fingerprint density at radius 3 is 2.35 bits per heavy atom. The van der Waals surface area contributed by atoms with Gasteiger partial charge in [-0.2, -0.15) is 0 Å². The Hall–Kier alpha value is -2.76.